The molecule has 19 heavy (non-hydrogen) atoms. The molecule has 1 aliphatic heterocycles. The lowest BCUT2D eigenvalue weighted by atomic mass is 9.87. The Morgan fingerprint density at radius 1 is 1.26 bits per heavy atom. The van der Waals surface area contributed by atoms with Gasteiger partial charge in [0.15, 0.2) is 9.84 Å². The largest absolute Gasteiger partial charge is 0.308 e. The number of rotatable bonds is 5. The smallest absolute Gasteiger partial charge is 0.151 e. The Labute approximate surface area is 117 Å². The van der Waals surface area contributed by atoms with E-state index in [0.717, 1.165) is 19.0 Å². The fourth-order valence-corrected chi connectivity index (χ4v) is 3.75. The average Bonchev–Trinajstić information content (AvgIpc) is 3.15. The van der Waals surface area contributed by atoms with Crippen molar-refractivity contribution in [3.63, 3.8) is 0 Å². The van der Waals surface area contributed by atoms with E-state index in [1.54, 1.807) is 6.92 Å². The zero-order chi connectivity index (χ0) is 14.3. The summed E-state index contributed by atoms with van der Waals surface area (Å²) >= 11 is 0. The standard InChI is InChI=1S/C14H28N2O2S/c1-5-19(17,18)9-8-16-11-14(4,12-6-7-12)15-10-13(16,2)3/h12,15H,5-11H2,1-4H3. The second kappa shape index (κ2) is 5.01. The van der Waals surface area contributed by atoms with E-state index in [1.165, 1.54) is 12.8 Å². The van der Waals surface area contributed by atoms with Gasteiger partial charge in [-0.15, -0.1) is 0 Å². The zero-order valence-corrected chi connectivity index (χ0v) is 13.5. The van der Waals surface area contributed by atoms with Crippen LogP contribution < -0.4 is 5.32 Å². The minimum absolute atomic E-state index is 0.0393. The van der Waals surface area contributed by atoms with Crippen LogP contribution in [-0.2, 0) is 9.84 Å². The first kappa shape index (κ1) is 15.3. The van der Waals surface area contributed by atoms with Gasteiger partial charge in [-0.05, 0) is 39.5 Å². The Bertz CT molecular complexity index is 429. The quantitative estimate of drug-likeness (QED) is 0.828. The van der Waals surface area contributed by atoms with E-state index in [0.29, 0.717) is 6.54 Å². The van der Waals surface area contributed by atoms with Gasteiger partial charge in [0.1, 0.15) is 0 Å². The summed E-state index contributed by atoms with van der Waals surface area (Å²) in [7, 11) is -2.87. The highest BCUT2D eigenvalue weighted by Gasteiger charge is 2.48. The second-order valence-corrected chi connectivity index (χ2v) is 9.49. The zero-order valence-electron chi connectivity index (χ0n) is 12.7. The lowest BCUT2D eigenvalue weighted by molar-refractivity contribution is 0.0294. The molecule has 5 heteroatoms. The molecule has 1 N–H and O–H groups in total. The molecule has 0 aromatic rings. The number of nitrogens with one attached hydrogen (secondary N) is 1. The van der Waals surface area contributed by atoms with Crippen LogP contribution in [0.1, 0.15) is 40.5 Å². The number of nitrogens with zero attached hydrogens (tertiary/aromatic N) is 1. The summed E-state index contributed by atoms with van der Waals surface area (Å²) in [6.07, 6.45) is 2.62. The van der Waals surface area contributed by atoms with Gasteiger partial charge in [-0.1, -0.05) is 6.92 Å². The van der Waals surface area contributed by atoms with E-state index in [-0.39, 0.29) is 22.6 Å². The van der Waals surface area contributed by atoms with Crippen molar-refractivity contribution in [3.8, 4) is 0 Å². The molecule has 0 bridgehead atoms. The van der Waals surface area contributed by atoms with Gasteiger partial charge >= 0.3 is 0 Å². The van der Waals surface area contributed by atoms with Crippen molar-refractivity contribution in [2.45, 2.75) is 51.6 Å². The molecule has 2 fully saturated rings. The summed E-state index contributed by atoms with van der Waals surface area (Å²) in [5.41, 5.74) is 0.211. The van der Waals surface area contributed by atoms with E-state index < -0.39 is 9.84 Å². The maximum atomic E-state index is 11.7. The molecule has 0 radical (unpaired) electrons. The van der Waals surface area contributed by atoms with Crippen molar-refractivity contribution >= 4 is 9.84 Å². The average molecular weight is 288 g/mol. The van der Waals surface area contributed by atoms with Crippen LogP contribution in [0.3, 0.4) is 0 Å². The molecule has 2 aliphatic rings. The van der Waals surface area contributed by atoms with Gasteiger partial charge in [0.05, 0.1) is 5.75 Å². The van der Waals surface area contributed by atoms with Gasteiger partial charge < -0.3 is 5.32 Å². The fourth-order valence-electron chi connectivity index (χ4n) is 2.97. The topological polar surface area (TPSA) is 49.4 Å². The highest BCUT2D eigenvalue weighted by molar-refractivity contribution is 7.91. The fraction of sp³-hybridized carbons (Fsp3) is 1.00. The Hall–Kier alpha value is -0.130. The third kappa shape index (κ3) is 3.50. The summed E-state index contributed by atoms with van der Waals surface area (Å²) in [4.78, 5) is 2.37. The second-order valence-electron chi connectivity index (χ2n) is 7.02. The van der Waals surface area contributed by atoms with Crippen molar-refractivity contribution in [1.82, 2.24) is 10.2 Å². The first-order valence-electron chi connectivity index (χ1n) is 7.39. The normalized spacial score (nSPS) is 32.4. The molecular formula is C14H28N2O2S. The molecular weight excluding hydrogens is 260 g/mol. The van der Waals surface area contributed by atoms with Gasteiger partial charge in [-0.2, -0.15) is 0 Å². The van der Waals surface area contributed by atoms with Crippen molar-refractivity contribution in [3.05, 3.63) is 0 Å². The highest BCUT2D eigenvalue weighted by atomic mass is 32.2. The number of hydrogen-bond acceptors (Lipinski definition) is 4. The summed E-state index contributed by atoms with van der Waals surface area (Å²) < 4.78 is 23.4. The van der Waals surface area contributed by atoms with E-state index in [1.807, 2.05) is 0 Å². The number of piperazine rings is 1. The van der Waals surface area contributed by atoms with Gasteiger partial charge in [-0.3, -0.25) is 4.90 Å². The first-order valence-corrected chi connectivity index (χ1v) is 9.21. The highest BCUT2D eigenvalue weighted by Crippen LogP contribution is 2.42. The van der Waals surface area contributed by atoms with E-state index >= 15 is 0 Å². The lowest BCUT2D eigenvalue weighted by Gasteiger charge is -2.51. The van der Waals surface area contributed by atoms with Crippen LogP contribution in [0, 0.1) is 5.92 Å². The van der Waals surface area contributed by atoms with Crippen molar-refractivity contribution in [1.29, 1.82) is 0 Å². The first-order chi connectivity index (χ1) is 8.69. The molecule has 1 saturated carbocycles. The molecule has 112 valence electrons. The lowest BCUT2D eigenvalue weighted by Crippen LogP contribution is -2.68. The van der Waals surface area contributed by atoms with Crippen LogP contribution in [0.25, 0.3) is 0 Å². The van der Waals surface area contributed by atoms with E-state index in [4.69, 9.17) is 0 Å². The third-order valence-corrected chi connectivity index (χ3v) is 6.57. The van der Waals surface area contributed by atoms with Gasteiger partial charge in [-0.25, -0.2) is 8.42 Å². The summed E-state index contributed by atoms with van der Waals surface area (Å²) in [6.45, 7) is 11.0. The Kier molecular flexibility index (Phi) is 4.02. The minimum Gasteiger partial charge on any atom is -0.308 e. The van der Waals surface area contributed by atoms with E-state index in [2.05, 4.69) is 31.0 Å². The minimum atomic E-state index is -2.87. The Morgan fingerprint density at radius 3 is 2.42 bits per heavy atom. The molecule has 1 unspecified atom stereocenters. The van der Waals surface area contributed by atoms with Crippen LogP contribution in [-0.4, -0.2) is 55.5 Å². The summed E-state index contributed by atoms with van der Waals surface area (Å²) in [5.74, 6) is 1.31. The van der Waals surface area contributed by atoms with Gasteiger partial charge in [0.2, 0.25) is 0 Å². The molecule has 0 aromatic carbocycles. The molecule has 0 spiro atoms. The van der Waals surface area contributed by atoms with Crippen LogP contribution in [0.2, 0.25) is 0 Å². The molecule has 0 amide bonds. The molecule has 1 atom stereocenters. The molecule has 1 heterocycles. The molecule has 0 aromatic heterocycles. The monoisotopic (exact) mass is 288 g/mol. The molecule has 4 nitrogen and oxygen atoms in total. The van der Waals surface area contributed by atoms with Crippen LogP contribution in [0.4, 0.5) is 0 Å². The SMILES string of the molecule is CCS(=O)(=O)CCN1CC(C)(C2CC2)NCC1(C)C. The predicted octanol–water partition coefficient (Wildman–Crippen LogP) is 1.27. The Balaban J connectivity index is 2.02. The summed E-state index contributed by atoms with van der Waals surface area (Å²) in [5, 5.41) is 3.70. The van der Waals surface area contributed by atoms with Crippen molar-refractivity contribution < 1.29 is 8.42 Å². The van der Waals surface area contributed by atoms with Crippen LogP contribution >= 0.6 is 0 Å². The Morgan fingerprint density at radius 2 is 1.89 bits per heavy atom. The molecule has 2 rings (SSSR count). The maximum Gasteiger partial charge on any atom is 0.151 e. The van der Waals surface area contributed by atoms with Crippen LogP contribution in [0.5, 0.6) is 0 Å². The third-order valence-electron chi connectivity index (χ3n) is 4.89. The van der Waals surface area contributed by atoms with E-state index in [9.17, 15) is 8.42 Å². The molecule has 1 aliphatic carbocycles. The maximum absolute atomic E-state index is 11.7. The van der Waals surface area contributed by atoms with Gasteiger partial charge in [0.25, 0.3) is 0 Å². The predicted molar refractivity (Wildman–Crippen MR) is 79.1 cm³/mol. The summed E-state index contributed by atoms with van der Waals surface area (Å²) in [6, 6.07) is 0. The van der Waals surface area contributed by atoms with Crippen molar-refractivity contribution in [2.75, 3.05) is 31.1 Å². The molecule has 1 saturated heterocycles. The van der Waals surface area contributed by atoms with Crippen molar-refractivity contribution in [2.24, 2.45) is 5.92 Å². The number of hydrogen-bond donors (Lipinski definition) is 1. The van der Waals surface area contributed by atoms with Crippen LogP contribution in [0.15, 0.2) is 0 Å². The number of sulfone groups is 1. The van der Waals surface area contributed by atoms with Gasteiger partial charge in [0, 0.05) is 36.5 Å².